The molecule has 2 atom stereocenters. The normalized spacial score (nSPS) is 16.7. The minimum Gasteiger partial charge on any atom is -0.346 e. The fourth-order valence-corrected chi connectivity index (χ4v) is 3.37. The molecule has 2 unspecified atom stereocenters. The van der Waals surface area contributed by atoms with Crippen LogP contribution in [0.25, 0.3) is 10.8 Å². The molecule has 26 heavy (non-hydrogen) atoms. The molecule has 0 radical (unpaired) electrons. The molecule has 0 aromatic heterocycles. The summed E-state index contributed by atoms with van der Waals surface area (Å²) in [7, 11) is 0. The number of rotatable bonds is 5. The Morgan fingerprint density at radius 1 is 1.19 bits per heavy atom. The molecule has 5 nitrogen and oxygen atoms in total. The van der Waals surface area contributed by atoms with Crippen LogP contribution in [0.3, 0.4) is 0 Å². The minimum absolute atomic E-state index is 0. The predicted molar refractivity (Wildman–Crippen MR) is 106 cm³/mol. The number of likely N-dealkylation sites (tertiary alicyclic amines) is 1. The van der Waals surface area contributed by atoms with Gasteiger partial charge in [0.1, 0.15) is 6.04 Å². The highest BCUT2D eigenvalue weighted by atomic mass is 35.5. The number of benzene rings is 2. The van der Waals surface area contributed by atoms with Crippen LogP contribution in [-0.2, 0) is 9.59 Å². The van der Waals surface area contributed by atoms with Crippen LogP contribution >= 0.6 is 12.4 Å². The molecule has 1 heterocycles. The lowest BCUT2D eigenvalue weighted by Crippen LogP contribution is -2.51. The molecule has 0 spiro atoms. The van der Waals surface area contributed by atoms with Crippen molar-refractivity contribution in [2.24, 2.45) is 5.73 Å². The number of nitrogens with two attached hydrogens (primary N) is 1. The topological polar surface area (TPSA) is 75.4 Å². The van der Waals surface area contributed by atoms with Gasteiger partial charge in [-0.25, -0.2) is 0 Å². The van der Waals surface area contributed by atoms with Gasteiger partial charge in [0, 0.05) is 19.5 Å². The molecule has 3 rings (SSSR count). The van der Waals surface area contributed by atoms with Gasteiger partial charge in [0.05, 0.1) is 6.04 Å². The Balaban J connectivity index is 0.00000243. The third-order valence-electron chi connectivity index (χ3n) is 4.94. The number of carbonyl (C=O) groups is 2. The molecule has 1 fully saturated rings. The lowest BCUT2D eigenvalue weighted by molar-refractivity contribution is -0.142. The van der Waals surface area contributed by atoms with E-state index in [1.165, 1.54) is 0 Å². The van der Waals surface area contributed by atoms with Crippen molar-refractivity contribution >= 4 is 35.0 Å². The van der Waals surface area contributed by atoms with E-state index in [0.29, 0.717) is 19.5 Å². The van der Waals surface area contributed by atoms with E-state index in [9.17, 15) is 9.59 Å². The zero-order valence-corrected chi connectivity index (χ0v) is 15.8. The first-order chi connectivity index (χ1) is 12.1. The minimum atomic E-state index is -0.470. The molecule has 1 aliphatic rings. The molecule has 1 aliphatic heterocycles. The number of nitrogens with zero attached hydrogens (tertiary/aromatic N) is 1. The second kappa shape index (κ2) is 9.01. The van der Waals surface area contributed by atoms with Gasteiger partial charge >= 0.3 is 0 Å². The highest BCUT2D eigenvalue weighted by Gasteiger charge is 2.28. The molecule has 6 heteroatoms. The summed E-state index contributed by atoms with van der Waals surface area (Å²) in [4.78, 5) is 26.3. The van der Waals surface area contributed by atoms with Crippen LogP contribution in [0.5, 0.6) is 0 Å². The van der Waals surface area contributed by atoms with Crippen LogP contribution in [-0.4, -0.2) is 35.8 Å². The Hall–Kier alpha value is -2.11. The van der Waals surface area contributed by atoms with Crippen molar-refractivity contribution in [3.8, 4) is 0 Å². The van der Waals surface area contributed by atoms with Crippen LogP contribution in [0, 0.1) is 0 Å². The first-order valence-electron chi connectivity index (χ1n) is 8.89. The first-order valence-corrected chi connectivity index (χ1v) is 8.89. The maximum Gasteiger partial charge on any atom is 0.243 e. The molecule has 0 bridgehead atoms. The number of hydrogen-bond acceptors (Lipinski definition) is 3. The molecule has 1 saturated heterocycles. The van der Waals surface area contributed by atoms with Crippen molar-refractivity contribution in [2.75, 3.05) is 13.1 Å². The average Bonchev–Trinajstić information content (AvgIpc) is 2.65. The number of halogens is 1. The Bertz CT molecular complexity index is 780. The molecular formula is C20H26ClN3O2. The maximum absolute atomic E-state index is 12.6. The van der Waals surface area contributed by atoms with Gasteiger partial charge in [0.2, 0.25) is 11.8 Å². The maximum atomic E-state index is 12.6. The van der Waals surface area contributed by atoms with Crippen LogP contribution in [0.2, 0.25) is 0 Å². The summed E-state index contributed by atoms with van der Waals surface area (Å²) in [5.74, 6) is -0.0947. The van der Waals surface area contributed by atoms with E-state index in [2.05, 4.69) is 17.4 Å². The van der Waals surface area contributed by atoms with Crippen LogP contribution in [0.1, 0.15) is 37.8 Å². The monoisotopic (exact) mass is 375 g/mol. The fraction of sp³-hybridized carbons (Fsp3) is 0.400. The van der Waals surface area contributed by atoms with Crippen LogP contribution < -0.4 is 11.1 Å². The Morgan fingerprint density at radius 3 is 2.62 bits per heavy atom. The van der Waals surface area contributed by atoms with Gasteiger partial charge < -0.3 is 16.0 Å². The highest BCUT2D eigenvalue weighted by molar-refractivity contribution is 5.88. The summed E-state index contributed by atoms with van der Waals surface area (Å²) in [5, 5.41) is 5.28. The summed E-state index contributed by atoms with van der Waals surface area (Å²) >= 11 is 0. The van der Waals surface area contributed by atoms with Gasteiger partial charge in [-0.2, -0.15) is 0 Å². The lowest BCUT2D eigenvalue weighted by Gasteiger charge is -2.32. The average molecular weight is 376 g/mol. The summed E-state index contributed by atoms with van der Waals surface area (Å²) in [5.41, 5.74) is 6.89. The van der Waals surface area contributed by atoms with Gasteiger partial charge in [0.25, 0.3) is 0 Å². The predicted octanol–water partition coefficient (Wildman–Crippen LogP) is 2.78. The summed E-state index contributed by atoms with van der Waals surface area (Å²) in [6.07, 6.45) is 2.39. The van der Waals surface area contributed by atoms with E-state index in [0.717, 1.165) is 29.2 Å². The van der Waals surface area contributed by atoms with E-state index in [1.54, 1.807) is 11.8 Å². The molecule has 3 N–H and O–H groups in total. The van der Waals surface area contributed by atoms with Gasteiger partial charge in [-0.05, 0) is 42.2 Å². The molecule has 140 valence electrons. The summed E-state index contributed by atoms with van der Waals surface area (Å²) in [6.45, 7) is 2.74. The van der Waals surface area contributed by atoms with Crippen molar-refractivity contribution in [3.05, 3.63) is 48.0 Å². The number of hydrogen-bond donors (Lipinski definition) is 2. The van der Waals surface area contributed by atoms with Crippen molar-refractivity contribution < 1.29 is 9.59 Å². The zero-order chi connectivity index (χ0) is 17.8. The third-order valence-corrected chi connectivity index (χ3v) is 4.94. The van der Waals surface area contributed by atoms with Gasteiger partial charge in [-0.3, -0.25) is 9.59 Å². The van der Waals surface area contributed by atoms with Crippen molar-refractivity contribution in [3.63, 3.8) is 0 Å². The van der Waals surface area contributed by atoms with Gasteiger partial charge in [-0.1, -0.05) is 36.4 Å². The Kier molecular flexibility index (Phi) is 7.00. The fourth-order valence-electron chi connectivity index (χ4n) is 3.37. The summed E-state index contributed by atoms with van der Waals surface area (Å²) in [6, 6.07) is 13.5. The molecule has 2 amide bonds. The number of piperidine rings is 1. The SMILES string of the molecule is CC(C(=O)NC(CN)c1ccc2ccccc2c1)N1CCCCC1=O.Cl. The smallest absolute Gasteiger partial charge is 0.243 e. The largest absolute Gasteiger partial charge is 0.346 e. The Labute approximate surface area is 160 Å². The first kappa shape index (κ1) is 20.2. The third kappa shape index (κ3) is 4.34. The molecule has 0 aliphatic carbocycles. The van der Waals surface area contributed by atoms with Crippen LogP contribution in [0.4, 0.5) is 0 Å². The van der Waals surface area contributed by atoms with E-state index in [4.69, 9.17) is 5.73 Å². The standard InChI is InChI=1S/C20H25N3O2.ClH/c1-14(23-11-5-4-8-19(23)24)20(25)22-18(13-21)17-10-9-15-6-2-3-7-16(15)12-17;/h2-3,6-7,9-10,12,14,18H,4-5,8,11,13,21H2,1H3,(H,22,25);1H. The van der Waals surface area contributed by atoms with Crippen molar-refractivity contribution in [2.45, 2.75) is 38.3 Å². The van der Waals surface area contributed by atoms with Crippen molar-refractivity contribution in [1.82, 2.24) is 10.2 Å². The van der Waals surface area contributed by atoms with Crippen molar-refractivity contribution in [1.29, 1.82) is 0 Å². The van der Waals surface area contributed by atoms with E-state index in [1.807, 2.05) is 30.3 Å². The Morgan fingerprint density at radius 2 is 1.92 bits per heavy atom. The quantitative estimate of drug-likeness (QED) is 0.843. The second-order valence-electron chi connectivity index (χ2n) is 6.62. The van der Waals surface area contributed by atoms with Crippen LogP contribution in [0.15, 0.2) is 42.5 Å². The molecule has 2 aromatic carbocycles. The van der Waals surface area contributed by atoms with Gasteiger partial charge in [0.15, 0.2) is 0 Å². The van der Waals surface area contributed by atoms with E-state index in [-0.39, 0.29) is 30.3 Å². The van der Waals surface area contributed by atoms with E-state index >= 15 is 0 Å². The second-order valence-corrected chi connectivity index (χ2v) is 6.62. The molecule has 0 saturated carbocycles. The zero-order valence-electron chi connectivity index (χ0n) is 15.0. The number of fused-ring (bicyclic) bond motifs is 1. The van der Waals surface area contributed by atoms with Gasteiger partial charge in [-0.15, -0.1) is 12.4 Å². The number of amides is 2. The molecular weight excluding hydrogens is 350 g/mol. The number of carbonyl (C=O) groups excluding carboxylic acids is 2. The number of nitrogens with one attached hydrogen (secondary N) is 1. The van der Waals surface area contributed by atoms with E-state index < -0.39 is 6.04 Å². The highest BCUT2D eigenvalue weighted by Crippen LogP contribution is 2.21. The molecule has 2 aromatic rings. The summed E-state index contributed by atoms with van der Waals surface area (Å²) < 4.78 is 0. The lowest BCUT2D eigenvalue weighted by atomic mass is 10.0.